The van der Waals surface area contributed by atoms with Crippen LogP contribution in [0, 0.1) is 11.8 Å². The van der Waals surface area contributed by atoms with Gasteiger partial charge in [0.1, 0.15) is 6.61 Å². The van der Waals surface area contributed by atoms with E-state index in [-0.39, 0.29) is 13.2 Å². The fraction of sp³-hybridized carbons (Fsp3) is 0.455. The van der Waals surface area contributed by atoms with Gasteiger partial charge in [-0.25, -0.2) is 0 Å². The highest BCUT2D eigenvalue weighted by molar-refractivity contribution is 7.10. The average Bonchev–Trinajstić information content (AvgIpc) is 2.64. The molecule has 0 radical (unpaired) electrons. The molecule has 0 amide bonds. The first-order valence-electron chi connectivity index (χ1n) is 4.83. The number of hydrogen-bond acceptors (Lipinski definition) is 3. The van der Waals surface area contributed by atoms with Crippen LogP contribution in [0.2, 0.25) is 0 Å². The molecule has 1 N–H and O–H groups in total. The minimum atomic E-state index is -4.31. The summed E-state index contributed by atoms with van der Waals surface area (Å²) in [6, 6.07) is 1.72. The Labute approximate surface area is 101 Å². The summed E-state index contributed by atoms with van der Waals surface area (Å²) >= 11 is 1.30. The van der Waals surface area contributed by atoms with Crippen molar-refractivity contribution in [3.05, 3.63) is 21.9 Å². The van der Waals surface area contributed by atoms with Crippen LogP contribution in [-0.2, 0) is 11.3 Å². The summed E-state index contributed by atoms with van der Waals surface area (Å²) in [5.74, 6) is 5.49. The van der Waals surface area contributed by atoms with Crippen molar-refractivity contribution in [2.45, 2.75) is 19.2 Å². The molecule has 0 aromatic carbocycles. The summed E-state index contributed by atoms with van der Waals surface area (Å²) in [6.45, 7) is -1.38. The maximum Gasteiger partial charge on any atom is 0.411 e. The van der Waals surface area contributed by atoms with E-state index in [0.29, 0.717) is 16.9 Å². The predicted molar refractivity (Wildman–Crippen MR) is 58.6 cm³/mol. The largest absolute Gasteiger partial charge is 0.411 e. The predicted octanol–water partition coefficient (Wildman–Crippen LogP) is 2.56. The quantitative estimate of drug-likeness (QED) is 0.847. The number of rotatable bonds is 4. The fourth-order valence-electron chi connectivity index (χ4n) is 1.04. The minimum absolute atomic E-state index is 0.0307. The van der Waals surface area contributed by atoms with E-state index in [1.165, 1.54) is 11.3 Å². The SMILES string of the molecule is OCCC#Cc1ccsc1COCC(F)(F)F. The number of halogens is 3. The lowest BCUT2D eigenvalue weighted by atomic mass is 10.2. The van der Waals surface area contributed by atoms with Gasteiger partial charge in [-0.05, 0) is 11.4 Å². The second kappa shape index (κ2) is 6.64. The van der Waals surface area contributed by atoms with Crippen LogP contribution < -0.4 is 0 Å². The second-order valence-electron chi connectivity index (χ2n) is 3.14. The summed E-state index contributed by atoms with van der Waals surface area (Å²) in [5.41, 5.74) is 0.658. The molecule has 0 saturated heterocycles. The lowest BCUT2D eigenvalue weighted by molar-refractivity contribution is -0.176. The van der Waals surface area contributed by atoms with Crippen molar-refractivity contribution in [2.75, 3.05) is 13.2 Å². The van der Waals surface area contributed by atoms with E-state index in [4.69, 9.17) is 5.11 Å². The lowest BCUT2D eigenvalue weighted by Crippen LogP contribution is -2.16. The second-order valence-corrected chi connectivity index (χ2v) is 4.14. The van der Waals surface area contributed by atoms with Crippen molar-refractivity contribution in [3.63, 3.8) is 0 Å². The highest BCUT2D eigenvalue weighted by Gasteiger charge is 2.27. The highest BCUT2D eigenvalue weighted by atomic mass is 32.1. The van der Waals surface area contributed by atoms with Gasteiger partial charge >= 0.3 is 6.18 Å². The molecule has 0 atom stereocenters. The van der Waals surface area contributed by atoms with Crippen molar-refractivity contribution >= 4 is 11.3 Å². The monoisotopic (exact) mass is 264 g/mol. The first-order valence-corrected chi connectivity index (χ1v) is 5.71. The number of alkyl halides is 3. The van der Waals surface area contributed by atoms with Gasteiger partial charge in [0, 0.05) is 16.9 Å². The zero-order valence-electron chi connectivity index (χ0n) is 8.88. The third kappa shape index (κ3) is 5.73. The van der Waals surface area contributed by atoms with Gasteiger partial charge < -0.3 is 9.84 Å². The summed E-state index contributed by atoms with van der Waals surface area (Å²) < 4.78 is 40.1. The molecule has 1 heterocycles. The van der Waals surface area contributed by atoms with Gasteiger partial charge in [-0.3, -0.25) is 0 Å². The van der Waals surface area contributed by atoms with Crippen molar-refractivity contribution in [3.8, 4) is 11.8 Å². The lowest BCUT2D eigenvalue weighted by Gasteiger charge is -2.06. The van der Waals surface area contributed by atoms with Crippen molar-refractivity contribution in [1.29, 1.82) is 0 Å². The summed E-state index contributed by atoms with van der Waals surface area (Å²) in [5, 5.41) is 10.3. The number of hydrogen-bond donors (Lipinski definition) is 1. The Morgan fingerprint density at radius 2 is 2.18 bits per heavy atom. The highest BCUT2D eigenvalue weighted by Crippen LogP contribution is 2.20. The zero-order chi connectivity index (χ0) is 12.7. The van der Waals surface area contributed by atoms with Crippen LogP contribution in [0.5, 0.6) is 0 Å². The van der Waals surface area contributed by atoms with E-state index in [0.717, 1.165) is 0 Å². The Hall–Kier alpha value is -1.03. The zero-order valence-corrected chi connectivity index (χ0v) is 9.70. The van der Waals surface area contributed by atoms with Gasteiger partial charge in [0.25, 0.3) is 0 Å². The maximum absolute atomic E-state index is 11.9. The molecule has 0 bridgehead atoms. The van der Waals surface area contributed by atoms with Gasteiger partial charge in [-0.2, -0.15) is 13.2 Å². The Morgan fingerprint density at radius 3 is 2.82 bits per heavy atom. The molecule has 0 unspecified atom stereocenters. The molecule has 0 aliphatic carbocycles. The van der Waals surface area contributed by atoms with Gasteiger partial charge in [-0.15, -0.1) is 11.3 Å². The van der Waals surface area contributed by atoms with Gasteiger partial charge in [0.15, 0.2) is 0 Å². The number of thiophene rings is 1. The van der Waals surface area contributed by atoms with Crippen LogP contribution in [0.25, 0.3) is 0 Å². The molecule has 1 rings (SSSR count). The fourth-order valence-corrected chi connectivity index (χ4v) is 1.80. The molecule has 1 aromatic heterocycles. The van der Waals surface area contributed by atoms with E-state index >= 15 is 0 Å². The molecule has 0 saturated carbocycles. The first kappa shape index (κ1) is 14.0. The van der Waals surface area contributed by atoms with Crippen LogP contribution in [0.4, 0.5) is 13.2 Å². The van der Waals surface area contributed by atoms with Gasteiger partial charge in [0.2, 0.25) is 0 Å². The third-order valence-electron chi connectivity index (χ3n) is 1.70. The third-order valence-corrected chi connectivity index (χ3v) is 2.60. The molecule has 6 heteroatoms. The molecule has 0 aliphatic rings. The minimum Gasteiger partial charge on any atom is -0.395 e. The van der Waals surface area contributed by atoms with E-state index in [1.807, 2.05) is 0 Å². The summed E-state index contributed by atoms with van der Waals surface area (Å²) in [7, 11) is 0. The molecule has 2 nitrogen and oxygen atoms in total. The molecule has 94 valence electrons. The summed E-state index contributed by atoms with van der Waals surface area (Å²) in [6.07, 6.45) is -3.96. The normalized spacial score (nSPS) is 11.1. The van der Waals surface area contributed by atoms with Crippen LogP contribution in [0.15, 0.2) is 11.4 Å². The summed E-state index contributed by atoms with van der Waals surface area (Å²) in [4.78, 5) is 0.666. The number of aliphatic hydroxyl groups is 1. The number of aliphatic hydroxyl groups excluding tert-OH is 1. The van der Waals surface area contributed by atoms with Crippen LogP contribution >= 0.6 is 11.3 Å². The molecule has 17 heavy (non-hydrogen) atoms. The molecule has 0 spiro atoms. The average molecular weight is 264 g/mol. The molecular weight excluding hydrogens is 253 g/mol. The van der Waals surface area contributed by atoms with Crippen molar-refractivity contribution < 1.29 is 23.0 Å². The van der Waals surface area contributed by atoms with Crippen LogP contribution in [-0.4, -0.2) is 24.5 Å². The Bertz CT molecular complexity index is 401. The van der Waals surface area contributed by atoms with E-state index in [1.54, 1.807) is 11.4 Å². The topological polar surface area (TPSA) is 29.5 Å². The van der Waals surface area contributed by atoms with Gasteiger partial charge in [0.05, 0.1) is 13.2 Å². The molecular formula is C11H11F3O2S. The van der Waals surface area contributed by atoms with Gasteiger partial charge in [-0.1, -0.05) is 11.8 Å². The molecule has 0 fully saturated rings. The maximum atomic E-state index is 11.9. The van der Waals surface area contributed by atoms with Crippen LogP contribution in [0.3, 0.4) is 0 Å². The van der Waals surface area contributed by atoms with E-state index in [9.17, 15) is 13.2 Å². The van der Waals surface area contributed by atoms with E-state index < -0.39 is 12.8 Å². The Balaban J connectivity index is 2.50. The smallest absolute Gasteiger partial charge is 0.395 e. The van der Waals surface area contributed by atoms with Crippen molar-refractivity contribution in [1.82, 2.24) is 0 Å². The number of ether oxygens (including phenoxy) is 1. The Kier molecular flexibility index (Phi) is 5.48. The molecule has 0 aliphatic heterocycles. The van der Waals surface area contributed by atoms with Crippen LogP contribution in [0.1, 0.15) is 16.9 Å². The standard InChI is InChI=1S/C11H11F3O2S/c12-11(13,14)8-16-7-10-9(4-6-17-10)3-1-2-5-15/h4,6,15H,2,5,7-8H2. The molecule has 1 aromatic rings. The first-order chi connectivity index (χ1) is 8.03. The Morgan fingerprint density at radius 1 is 1.41 bits per heavy atom. The van der Waals surface area contributed by atoms with Crippen molar-refractivity contribution in [2.24, 2.45) is 0 Å². The van der Waals surface area contributed by atoms with E-state index in [2.05, 4.69) is 16.6 Å².